The number of Topliss-reactive ketones (excluding diaryl/α,β-unsaturated/α-hetero) is 2. The smallest absolute Gasteiger partial charge is 0.220 e. The number of benzene rings is 2. The van der Waals surface area contributed by atoms with Crippen molar-refractivity contribution in [2.45, 2.75) is 19.4 Å². The summed E-state index contributed by atoms with van der Waals surface area (Å²) in [4.78, 5) is 25.1. The van der Waals surface area contributed by atoms with Crippen LogP contribution in [0.15, 0.2) is 36.4 Å². The molecule has 2 aromatic rings. The summed E-state index contributed by atoms with van der Waals surface area (Å²) in [6, 6.07) is 9.44. The molecule has 2 aromatic carbocycles. The lowest BCUT2D eigenvalue weighted by molar-refractivity contribution is 0.0310. The lowest BCUT2D eigenvalue weighted by atomic mass is 9.84. The van der Waals surface area contributed by atoms with Crippen molar-refractivity contribution in [3.8, 4) is 5.75 Å². The third kappa shape index (κ3) is 1.66. The molecule has 0 saturated heterocycles. The molecule has 106 valence electrons. The number of carbonyl (C=O) groups is 2. The molecule has 1 aliphatic carbocycles. The Morgan fingerprint density at radius 1 is 0.952 bits per heavy atom. The summed E-state index contributed by atoms with van der Waals surface area (Å²) in [7, 11) is 0. The normalized spacial score (nSPS) is 16.1. The fourth-order valence-corrected chi connectivity index (χ4v) is 3.01. The molecule has 4 nitrogen and oxygen atoms in total. The maximum absolute atomic E-state index is 12.5. The number of carbonyl (C=O) groups excluding carboxylic acids is 2. The molecule has 3 rings (SSSR count). The Morgan fingerprint density at radius 3 is 1.95 bits per heavy atom. The van der Waals surface area contributed by atoms with Gasteiger partial charge >= 0.3 is 0 Å². The maximum atomic E-state index is 12.5. The number of hydrogen-bond acceptors (Lipinski definition) is 4. The Hall–Kier alpha value is -2.46. The topological polar surface area (TPSA) is 74.6 Å². The summed E-state index contributed by atoms with van der Waals surface area (Å²) >= 11 is 0. The van der Waals surface area contributed by atoms with Gasteiger partial charge in [0.1, 0.15) is 5.75 Å². The van der Waals surface area contributed by atoms with E-state index in [1.165, 1.54) is 18.2 Å². The quantitative estimate of drug-likeness (QED) is 0.787. The van der Waals surface area contributed by atoms with Crippen LogP contribution in [0.1, 0.15) is 37.4 Å². The zero-order valence-electron chi connectivity index (χ0n) is 11.7. The van der Waals surface area contributed by atoms with Gasteiger partial charge in [0.2, 0.25) is 17.2 Å². The number of ketones is 2. The predicted molar refractivity (Wildman–Crippen MR) is 76.6 cm³/mol. The van der Waals surface area contributed by atoms with Crippen molar-refractivity contribution >= 4 is 11.6 Å². The molecule has 0 aromatic heterocycles. The highest BCUT2D eigenvalue weighted by Gasteiger charge is 2.54. The Kier molecular flexibility index (Phi) is 2.75. The average molecular weight is 282 g/mol. The van der Waals surface area contributed by atoms with Crippen LogP contribution in [-0.4, -0.2) is 21.8 Å². The molecule has 21 heavy (non-hydrogen) atoms. The van der Waals surface area contributed by atoms with E-state index >= 15 is 0 Å². The first kappa shape index (κ1) is 13.5. The molecule has 0 fully saturated rings. The van der Waals surface area contributed by atoms with Gasteiger partial charge in [-0.2, -0.15) is 0 Å². The number of aliphatic hydroxyl groups is 1. The number of rotatable bonds is 1. The molecule has 0 spiro atoms. The largest absolute Gasteiger partial charge is 0.508 e. The summed E-state index contributed by atoms with van der Waals surface area (Å²) in [5.74, 6) is -1.62. The standard InChI is InChI=1S/C17H14O4/c1-9-7-10(2)14(13(18)8-9)17(21)15(19)11-5-3-4-6-12(11)16(17)20/h3-8,18,21H,1-2H3. The average Bonchev–Trinajstić information content (AvgIpc) is 2.61. The summed E-state index contributed by atoms with van der Waals surface area (Å²) in [6.07, 6.45) is 0. The highest BCUT2D eigenvalue weighted by atomic mass is 16.3. The SMILES string of the molecule is Cc1cc(C)c(C2(O)C(=O)c3ccccc3C2=O)c(O)c1. The molecule has 4 heteroatoms. The van der Waals surface area contributed by atoms with E-state index in [2.05, 4.69) is 0 Å². The number of hydrogen-bond donors (Lipinski definition) is 2. The van der Waals surface area contributed by atoms with Crippen LogP contribution < -0.4 is 0 Å². The van der Waals surface area contributed by atoms with Gasteiger partial charge in [-0.25, -0.2) is 0 Å². The molecule has 0 amide bonds. The van der Waals surface area contributed by atoms with Crippen molar-refractivity contribution in [1.29, 1.82) is 0 Å². The van der Waals surface area contributed by atoms with E-state index in [1.54, 1.807) is 32.0 Å². The molecular formula is C17H14O4. The zero-order chi connectivity index (χ0) is 15.4. The van der Waals surface area contributed by atoms with Crippen LogP contribution in [0.3, 0.4) is 0 Å². The van der Waals surface area contributed by atoms with Crippen molar-refractivity contribution in [3.05, 3.63) is 64.2 Å². The second-order valence-corrected chi connectivity index (χ2v) is 5.39. The molecular weight excluding hydrogens is 268 g/mol. The van der Waals surface area contributed by atoms with Crippen molar-refractivity contribution in [2.75, 3.05) is 0 Å². The molecule has 0 aliphatic heterocycles. The van der Waals surface area contributed by atoms with Gasteiger partial charge in [0.25, 0.3) is 0 Å². The lowest BCUT2D eigenvalue weighted by Crippen LogP contribution is -2.38. The number of fused-ring (bicyclic) bond motifs is 1. The van der Waals surface area contributed by atoms with E-state index in [9.17, 15) is 19.8 Å². The molecule has 0 atom stereocenters. The molecule has 0 saturated carbocycles. The van der Waals surface area contributed by atoms with E-state index in [0.29, 0.717) is 5.56 Å². The fraction of sp³-hybridized carbons (Fsp3) is 0.176. The second-order valence-electron chi connectivity index (χ2n) is 5.39. The Morgan fingerprint density at radius 2 is 1.48 bits per heavy atom. The van der Waals surface area contributed by atoms with Gasteiger partial charge in [-0.1, -0.05) is 30.3 Å². The van der Waals surface area contributed by atoms with Gasteiger partial charge in [0.15, 0.2) is 0 Å². The van der Waals surface area contributed by atoms with Crippen LogP contribution in [0, 0.1) is 13.8 Å². The van der Waals surface area contributed by atoms with Crippen molar-refractivity contribution in [3.63, 3.8) is 0 Å². The number of phenols is 1. The van der Waals surface area contributed by atoms with Gasteiger partial charge in [-0.05, 0) is 31.0 Å². The minimum atomic E-state index is -2.34. The van der Waals surface area contributed by atoms with Crippen LogP contribution in [0.4, 0.5) is 0 Å². The van der Waals surface area contributed by atoms with Gasteiger partial charge in [-0.3, -0.25) is 9.59 Å². The maximum Gasteiger partial charge on any atom is 0.220 e. The first-order valence-electron chi connectivity index (χ1n) is 6.59. The minimum Gasteiger partial charge on any atom is -0.508 e. The number of phenolic OH excluding ortho intramolecular Hbond substituents is 1. The third-order valence-electron chi connectivity index (χ3n) is 3.89. The van der Waals surface area contributed by atoms with Crippen molar-refractivity contribution < 1.29 is 19.8 Å². The van der Waals surface area contributed by atoms with E-state index in [4.69, 9.17) is 0 Å². The highest BCUT2D eigenvalue weighted by Crippen LogP contribution is 2.42. The summed E-state index contributed by atoms with van der Waals surface area (Å²) < 4.78 is 0. The van der Waals surface area contributed by atoms with Crippen LogP contribution in [0.5, 0.6) is 5.75 Å². The Labute approximate surface area is 121 Å². The van der Waals surface area contributed by atoms with E-state index in [1.807, 2.05) is 0 Å². The summed E-state index contributed by atoms with van der Waals surface area (Å²) in [5, 5.41) is 21.0. The Bertz CT molecular complexity index is 731. The van der Waals surface area contributed by atoms with Crippen LogP contribution in [0.25, 0.3) is 0 Å². The first-order valence-corrected chi connectivity index (χ1v) is 6.59. The number of aryl methyl sites for hydroxylation is 2. The van der Waals surface area contributed by atoms with Gasteiger partial charge in [0, 0.05) is 16.7 Å². The van der Waals surface area contributed by atoms with E-state index in [-0.39, 0.29) is 22.4 Å². The molecule has 0 bridgehead atoms. The summed E-state index contributed by atoms with van der Waals surface area (Å²) in [6.45, 7) is 3.44. The van der Waals surface area contributed by atoms with Crippen LogP contribution in [0.2, 0.25) is 0 Å². The van der Waals surface area contributed by atoms with Gasteiger partial charge in [0.05, 0.1) is 0 Å². The zero-order valence-corrected chi connectivity index (χ0v) is 11.7. The lowest BCUT2D eigenvalue weighted by Gasteiger charge is -2.23. The molecule has 1 aliphatic rings. The van der Waals surface area contributed by atoms with E-state index < -0.39 is 17.2 Å². The number of aromatic hydroxyl groups is 1. The van der Waals surface area contributed by atoms with Crippen molar-refractivity contribution in [1.82, 2.24) is 0 Å². The highest BCUT2D eigenvalue weighted by molar-refractivity contribution is 6.32. The van der Waals surface area contributed by atoms with Gasteiger partial charge < -0.3 is 10.2 Å². The predicted octanol–water partition coefficient (Wildman–Crippen LogP) is 2.28. The molecule has 0 radical (unpaired) electrons. The Balaban J connectivity index is 2.30. The first-order chi connectivity index (χ1) is 9.87. The summed E-state index contributed by atoms with van der Waals surface area (Å²) in [5.41, 5.74) is -0.712. The van der Waals surface area contributed by atoms with E-state index in [0.717, 1.165) is 5.56 Å². The fourth-order valence-electron chi connectivity index (χ4n) is 3.01. The van der Waals surface area contributed by atoms with Crippen LogP contribution >= 0.6 is 0 Å². The minimum absolute atomic E-state index is 0.0284. The van der Waals surface area contributed by atoms with Crippen LogP contribution in [-0.2, 0) is 5.60 Å². The molecule has 2 N–H and O–H groups in total. The molecule has 0 unspecified atom stereocenters. The second kappa shape index (κ2) is 4.27. The van der Waals surface area contributed by atoms with Gasteiger partial charge in [-0.15, -0.1) is 0 Å². The monoisotopic (exact) mass is 282 g/mol. The molecule has 0 heterocycles. The van der Waals surface area contributed by atoms with Crippen molar-refractivity contribution in [2.24, 2.45) is 0 Å². The third-order valence-corrected chi connectivity index (χ3v) is 3.89.